The summed E-state index contributed by atoms with van der Waals surface area (Å²) >= 11 is 0. The highest BCUT2D eigenvalue weighted by Gasteiger charge is 2.40. The molecule has 4 saturated heterocycles. The van der Waals surface area contributed by atoms with Gasteiger partial charge in [-0.25, -0.2) is 5.01 Å². The topological polar surface area (TPSA) is 67.1 Å². The maximum atomic E-state index is 5.66. The second-order valence-electron chi connectivity index (χ2n) is 11.8. The molecular weight excluding hydrogens is 426 g/mol. The highest BCUT2D eigenvalue weighted by Crippen LogP contribution is 2.34. The first-order valence-corrected chi connectivity index (χ1v) is 14.5. The molecule has 0 bridgehead atoms. The molecular formula is C26H51N7O. The van der Waals surface area contributed by atoms with Crippen molar-refractivity contribution in [3.63, 3.8) is 0 Å². The number of rotatable bonds is 7. The summed E-state index contributed by atoms with van der Waals surface area (Å²) in [5.41, 5.74) is 3.99. The van der Waals surface area contributed by atoms with Crippen LogP contribution < -0.4 is 21.4 Å². The van der Waals surface area contributed by atoms with Gasteiger partial charge in [0.05, 0.1) is 25.5 Å². The molecule has 8 nitrogen and oxygen atoms in total. The number of nitrogens with one attached hydrogen (secondary N) is 4. The first-order valence-electron chi connectivity index (χ1n) is 14.5. The molecule has 4 aliphatic heterocycles. The lowest BCUT2D eigenvalue weighted by atomic mass is 9.78. The van der Waals surface area contributed by atoms with Gasteiger partial charge in [-0.05, 0) is 64.0 Å². The highest BCUT2D eigenvalue weighted by atomic mass is 16.5. The van der Waals surface area contributed by atoms with E-state index in [1.807, 2.05) is 0 Å². The van der Waals surface area contributed by atoms with E-state index >= 15 is 0 Å². The monoisotopic (exact) mass is 477 g/mol. The molecule has 1 aliphatic carbocycles. The minimum atomic E-state index is 0.200. The largest absolute Gasteiger partial charge is 0.379 e. The van der Waals surface area contributed by atoms with Gasteiger partial charge >= 0.3 is 0 Å². The predicted molar refractivity (Wildman–Crippen MR) is 137 cm³/mol. The van der Waals surface area contributed by atoms with E-state index in [4.69, 9.17) is 4.74 Å². The average Bonchev–Trinajstić information content (AvgIpc) is 3.39. The van der Waals surface area contributed by atoms with Gasteiger partial charge in [-0.2, -0.15) is 0 Å². The zero-order valence-electron chi connectivity index (χ0n) is 21.8. The van der Waals surface area contributed by atoms with Crippen molar-refractivity contribution in [2.45, 2.75) is 102 Å². The lowest BCUT2D eigenvalue weighted by Crippen LogP contribution is -2.72. The maximum Gasteiger partial charge on any atom is 0.116 e. The van der Waals surface area contributed by atoms with E-state index < -0.39 is 0 Å². The Labute approximate surface area is 207 Å². The Morgan fingerprint density at radius 3 is 2.56 bits per heavy atom. The van der Waals surface area contributed by atoms with Gasteiger partial charge in [0.15, 0.2) is 0 Å². The van der Waals surface area contributed by atoms with Crippen LogP contribution in [-0.4, -0.2) is 98.5 Å². The van der Waals surface area contributed by atoms with Gasteiger partial charge in [0.25, 0.3) is 0 Å². The normalized spacial score (nSPS) is 41.2. The molecule has 7 atom stereocenters. The molecule has 7 unspecified atom stereocenters. The van der Waals surface area contributed by atoms with Gasteiger partial charge in [0, 0.05) is 44.7 Å². The Hall–Kier alpha value is -0.320. The van der Waals surface area contributed by atoms with Crippen LogP contribution in [0.5, 0.6) is 0 Å². The van der Waals surface area contributed by atoms with Crippen LogP contribution in [0.3, 0.4) is 0 Å². The lowest BCUT2D eigenvalue weighted by molar-refractivity contribution is -0.0526. The van der Waals surface area contributed by atoms with E-state index in [-0.39, 0.29) is 6.29 Å². The van der Waals surface area contributed by atoms with Crippen LogP contribution in [0, 0.1) is 11.8 Å². The van der Waals surface area contributed by atoms with Crippen LogP contribution in [0.2, 0.25) is 0 Å². The molecule has 34 heavy (non-hydrogen) atoms. The van der Waals surface area contributed by atoms with Crippen LogP contribution in [0.1, 0.15) is 71.1 Å². The number of hydrogen-bond acceptors (Lipinski definition) is 8. The first kappa shape index (κ1) is 25.3. The molecule has 8 heteroatoms. The zero-order chi connectivity index (χ0) is 23.3. The molecule has 5 aliphatic rings. The third kappa shape index (κ3) is 6.51. The fourth-order valence-electron chi connectivity index (χ4n) is 7.09. The average molecular weight is 478 g/mol. The van der Waals surface area contributed by atoms with E-state index in [2.05, 4.69) is 50.2 Å². The quantitative estimate of drug-likeness (QED) is 0.442. The van der Waals surface area contributed by atoms with Crippen molar-refractivity contribution in [3.8, 4) is 0 Å². The number of hydrazine groups is 1. The predicted octanol–water partition coefficient (Wildman–Crippen LogP) is 1.71. The van der Waals surface area contributed by atoms with Crippen LogP contribution in [-0.2, 0) is 4.74 Å². The molecule has 0 aromatic heterocycles. The Morgan fingerprint density at radius 2 is 1.76 bits per heavy atom. The molecule has 0 aromatic rings. The van der Waals surface area contributed by atoms with E-state index in [0.717, 1.165) is 57.6 Å². The minimum Gasteiger partial charge on any atom is -0.379 e. The number of hydrogen-bond donors (Lipinski definition) is 4. The maximum absolute atomic E-state index is 5.66. The first-order chi connectivity index (χ1) is 16.7. The molecule has 0 radical (unpaired) electrons. The van der Waals surface area contributed by atoms with Gasteiger partial charge in [-0.3, -0.25) is 25.9 Å². The Morgan fingerprint density at radius 1 is 0.912 bits per heavy atom. The van der Waals surface area contributed by atoms with Gasteiger partial charge in [-0.15, -0.1) is 0 Å². The van der Waals surface area contributed by atoms with Crippen LogP contribution in [0.15, 0.2) is 0 Å². The SMILES string of the molecule is CC1CCCC(C2CCN(C3CC(N4CCOCC4)NC(N(C)CCC4CCCCN4)N3)N2)C1. The summed E-state index contributed by atoms with van der Waals surface area (Å²) in [6, 6.07) is 1.35. The van der Waals surface area contributed by atoms with E-state index in [0.29, 0.717) is 24.4 Å². The minimum absolute atomic E-state index is 0.200. The standard InChI is InChI=1S/C26H51N7O/c1-20-6-5-7-21(18-20)23-10-13-33(30-23)25-19-24(32-14-16-34-17-15-32)28-26(29-25)31(2)12-9-22-8-3-4-11-27-22/h20-30H,3-19H2,1-2H3. The van der Waals surface area contributed by atoms with E-state index in [1.165, 1.54) is 64.3 Å². The van der Waals surface area contributed by atoms with Crippen molar-refractivity contribution in [1.82, 2.24) is 36.2 Å². The van der Waals surface area contributed by atoms with Crippen molar-refractivity contribution in [3.05, 3.63) is 0 Å². The van der Waals surface area contributed by atoms with Gasteiger partial charge in [0.2, 0.25) is 0 Å². The van der Waals surface area contributed by atoms with Crippen molar-refractivity contribution >= 4 is 0 Å². The molecule has 0 spiro atoms. The lowest BCUT2D eigenvalue weighted by Gasteiger charge is -2.48. The third-order valence-corrected chi connectivity index (χ3v) is 9.25. The summed E-state index contributed by atoms with van der Waals surface area (Å²) in [6.07, 6.45) is 14.3. The Kier molecular flexibility index (Phi) is 9.15. The Bertz CT molecular complexity index is 612. The summed E-state index contributed by atoms with van der Waals surface area (Å²) in [4.78, 5) is 5.11. The van der Waals surface area contributed by atoms with Crippen molar-refractivity contribution in [2.24, 2.45) is 11.8 Å². The van der Waals surface area contributed by atoms with E-state index in [9.17, 15) is 0 Å². The summed E-state index contributed by atoms with van der Waals surface area (Å²) < 4.78 is 5.66. The third-order valence-electron chi connectivity index (χ3n) is 9.25. The summed E-state index contributed by atoms with van der Waals surface area (Å²) in [5, 5.41) is 14.2. The molecule has 196 valence electrons. The fourth-order valence-corrected chi connectivity index (χ4v) is 7.09. The fraction of sp³-hybridized carbons (Fsp3) is 1.00. The van der Waals surface area contributed by atoms with Crippen LogP contribution in [0.4, 0.5) is 0 Å². The summed E-state index contributed by atoms with van der Waals surface area (Å²) in [6.45, 7) is 9.68. The summed E-state index contributed by atoms with van der Waals surface area (Å²) in [7, 11) is 2.29. The molecule has 0 amide bonds. The number of ether oxygens (including phenoxy) is 1. The molecule has 5 fully saturated rings. The van der Waals surface area contributed by atoms with Crippen LogP contribution in [0.25, 0.3) is 0 Å². The highest BCUT2D eigenvalue weighted by molar-refractivity contribution is 4.92. The van der Waals surface area contributed by atoms with Crippen molar-refractivity contribution < 1.29 is 4.74 Å². The number of morpholine rings is 1. The molecule has 5 rings (SSSR count). The van der Waals surface area contributed by atoms with Crippen LogP contribution >= 0.6 is 0 Å². The number of piperidine rings is 1. The molecule has 4 heterocycles. The van der Waals surface area contributed by atoms with Gasteiger partial charge < -0.3 is 10.1 Å². The second-order valence-corrected chi connectivity index (χ2v) is 11.8. The van der Waals surface area contributed by atoms with Crippen molar-refractivity contribution in [1.29, 1.82) is 0 Å². The van der Waals surface area contributed by atoms with Crippen molar-refractivity contribution in [2.75, 3.05) is 53.0 Å². The molecule has 1 saturated carbocycles. The van der Waals surface area contributed by atoms with E-state index in [1.54, 1.807) is 0 Å². The van der Waals surface area contributed by atoms with Gasteiger partial charge in [-0.1, -0.05) is 26.2 Å². The smallest absolute Gasteiger partial charge is 0.116 e. The number of nitrogens with zero attached hydrogens (tertiary/aromatic N) is 3. The molecule has 0 aromatic carbocycles. The molecule has 4 N–H and O–H groups in total. The second kappa shape index (κ2) is 12.3. The zero-order valence-corrected chi connectivity index (χ0v) is 21.8. The Balaban J connectivity index is 1.19. The summed E-state index contributed by atoms with van der Waals surface area (Å²) in [5.74, 6) is 1.75. The van der Waals surface area contributed by atoms with Gasteiger partial charge in [0.1, 0.15) is 6.29 Å².